The molecule has 1 aromatic carbocycles. The molecular weight excluding hydrogens is 259 g/mol. The van der Waals surface area contributed by atoms with Gasteiger partial charge in [-0.15, -0.1) is 11.6 Å². The minimum Gasteiger partial charge on any atom is -0.101 e. The van der Waals surface area contributed by atoms with Gasteiger partial charge >= 0.3 is 0 Å². The highest BCUT2D eigenvalue weighted by molar-refractivity contribution is 9.10. The number of benzene rings is 1. The van der Waals surface area contributed by atoms with Gasteiger partial charge in [0.25, 0.3) is 0 Å². The summed E-state index contributed by atoms with van der Waals surface area (Å²) in [5.41, 5.74) is 2.30. The summed E-state index contributed by atoms with van der Waals surface area (Å²) in [6.45, 7) is 0. The summed E-state index contributed by atoms with van der Waals surface area (Å²) >= 11 is 9.91. The van der Waals surface area contributed by atoms with Gasteiger partial charge in [-0.1, -0.05) is 64.5 Å². The van der Waals surface area contributed by atoms with Gasteiger partial charge in [0.15, 0.2) is 0 Å². The van der Waals surface area contributed by atoms with Crippen molar-refractivity contribution in [2.45, 2.75) is 10.2 Å². The molecule has 0 spiro atoms. The van der Waals surface area contributed by atoms with Crippen LogP contribution in [0.2, 0.25) is 0 Å². The van der Waals surface area contributed by atoms with Gasteiger partial charge in [0.2, 0.25) is 0 Å². The first-order valence-electron chi connectivity index (χ1n) is 4.51. The average molecular weight is 270 g/mol. The summed E-state index contributed by atoms with van der Waals surface area (Å²) in [6, 6.07) is 10.2. The van der Waals surface area contributed by atoms with Gasteiger partial charge in [-0.05, 0) is 17.6 Å². The maximum absolute atomic E-state index is 6.37. The van der Waals surface area contributed by atoms with Crippen molar-refractivity contribution in [1.82, 2.24) is 0 Å². The van der Waals surface area contributed by atoms with Crippen LogP contribution in [0.1, 0.15) is 12.0 Å². The van der Waals surface area contributed by atoms with Crippen LogP contribution in [0.3, 0.4) is 0 Å². The van der Waals surface area contributed by atoms with Gasteiger partial charge in [-0.3, -0.25) is 0 Å². The Bertz CT molecular complexity index is 377. The van der Waals surface area contributed by atoms with Crippen molar-refractivity contribution in [3.05, 3.63) is 54.1 Å². The molecule has 0 fully saturated rings. The van der Waals surface area contributed by atoms with E-state index in [1.165, 1.54) is 5.56 Å². The lowest BCUT2D eigenvalue weighted by Crippen LogP contribution is -2.15. The van der Waals surface area contributed by atoms with Crippen LogP contribution in [0, 0.1) is 0 Å². The zero-order valence-electron chi connectivity index (χ0n) is 7.58. The van der Waals surface area contributed by atoms with Gasteiger partial charge in [-0.2, -0.15) is 0 Å². The van der Waals surface area contributed by atoms with Crippen molar-refractivity contribution in [1.29, 1.82) is 0 Å². The molecule has 1 aliphatic carbocycles. The van der Waals surface area contributed by atoms with Crippen molar-refractivity contribution in [3.8, 4) is 0 Å². The molecule has 0 aliphatic heterocycles. The molecule has 1 atom stereocenters. The molecule has 0 heterocycles. The van der Waals surface area contributed by atoms with E-state index in [1.807, 2.05) is 24.3 Å². The molecule has 14 heavy (non-hydrogen) atoms. The molecule has 0 saturated heterocycles. The van der Waals surface area contributed by atoms with E-state index in [-0.39, 0.29) is 0 Å². The first-order chi connectivity index (χ1) is 6.70. The van der Waals surface area contributed by atoms with Gasteiger partial charge in [-0.25, -0.2) is 0 Å². The lowest BCUT2D eigenvalue weighted by molar-refractivity contribution is 1.01. The predicted molar refractivity (Wildman–Crippen MR) is 65.7 cm³/mol. The van der Waals surface area contributed by atoms with Crippen LogP contribution in [0.15, 0.2) is 48.6 Å². The summed E-state index contributed by atoms with van der Waals surface area (Å²) in [4.78, 5) is 0. The van der Waals surface area contributed by atoms with Gasteiger partial charge in [0.05, 0.1) is 0 Å². The van der Waals surface area contributed by atoms with Gasteiger partial charge in [0, 0.05) is 0 Å². The van der Waals surface area contributed by atoms with Crippen molar-refractivity contribution in [3.63, 3.8) is 0 Å². The Balaban J connectivity index is 2.43. The fourth-order valence-electron chi connectivity index (χ4n) is 1.54. The molecule has 0 N–H and O–H groups in total. The Labute approximate surface area is 97.4 Å². The summed E-state index contributed by atoms with van der Waals surface area (Å²) in [5.74, 6) is 0. The quantitative estimate of drug-likeness (QED) is 0.665. The lowest BCUT2D eigenvalue weighted by Gasteiger charge is -2.24. The summed E-state index contributed by atoms with van der Waals surface area (Å²) in [5, 5.41) is 0. The molecule has 0 nitrogen and oxygen atoms in total. The van der Waals surface area contributed by atoms with E-state index in [4.69, 9.17) is 11.6 Å². The Morgan fingerprint density at radius 2 is 1.93 bits per heavy atom. The van der Waals surface area contributed by atoms with Crippen LogP contribution in [-0.2, 0) is 0 Å². The standard InChI is InChI=1S/C12H10BrCl/c13-12(14)9-5-4-8-11(12)10-6-2-1-3-7-10/h1-8H,9H2. The van der Waals surface area contributed by atoms with E-state index in [9.17, 15) is 0 Å². The van der Waals surface area contributed by atoms with E-state index >= 15 is 0 Å². The topological polar surface area (TPSA) is 0 Å². The van der Waals surface area contributed by atoms with Crippen LogP contribution in [0.25, 0.3) is 5.57 Å². The van der Waals surface area contributed by atoms with E-state index in [2.05, 4.69) is 40.2 Å². The predicted octanol–water partition coefficient (Wildman–Crippen LogP) is 4.36. The second-order valence-electron chi connectivity index (χ2n) is 3.28. The van der Waals surface area contributed by atoms with Crippen LogP contribution in [-0.4, -0.2) is 3.78 Å². The number of hydrogen-bond acceptors (Lipinski definition) is 0. The molecule has 1 aromatic rings. The zero-order chi connectivity index (χ0) is 10.0. The number of rotatable bonds is 1. The molecule has 0 aromatic heterocycles. The maximum Gasteiger partial charge on any atom is 0.128 e. The van der Waals surface area contributed by atoms with Crippen molar-refractivity contribution in [2.75, 3.05) is 0 Å². The molecule has 1 unspecified atom stereocenters. The normalized spacial score (nSPS) is 26.0. The fraction of sp³-hybridized carbons (Fsp3) is 0.167. The number of alkyl halides is 2. The van der Waals surface area contributed by atoms with Crippen LogP contribution in [0.4, 0.5) is 0 Å². The number of hydrogen-bond donors (Lipinski definition) is 0. The molecule has 2 rings (SSSR count). The fourth-order valence-corrected chi connectivity index (χ4v) is 2.35. The lowest BCUT2D eigenvalue weighted by atomic mass is 9.97. The molecule has 0 saturated carbocycles. The minimum absolute atomic E-state index is 0.441. The Hall–Kier alpha value is -0.530. The van der Waals surface area contributed by atoms with Crippen molar-refractivity contribution in [2.24, 2.45) is 0 Å². The highest BCUT2D eigenvalue weighted by atomic mass is 79.9. The molecular formula is C12H10BrCl. The molecule has 1 aliphatic rings. The average Bonchev–Trinajstić information content (AvgIpc) is 2.18. The molecule has 0 bridgehead atoms. The third-order valence-corrected chi connectivity index (χ3v) is 3.36. The molecule has 0 radical (unpaired) electrons. The molecule has 2 heteroatoms. The molecule has 72 valence electrons. The third-order valence-electron chi connectivity index (χ3n) is 2.25. The Kier molecular flexibility index (Phi) is 2.80. The smallest absolute Gasteiger partial charge is 0.101 e. The summed E-state index contributed by atoms with van der Waals surface area (Å²) in [7, 11) is 0. The second-order valence-corrected chi connectivity index (χ2v) is 5.74. The highest BCUT2D eigenvalue weighted by Gasteiger charge is 2.29. The number of halogens is 2. The van der Waals surface area contributed by atoms with Gasteiger partial charge < -0.3 is 0 Å². The first-order valence-corrected chi connectivity index (χ1v) is 5.68. The van der Waals surface area contributed by atoms with E-state index in [1.54, 1.807) is 0 Å². The van der Waals surface area contributed by atoms with Gasteiger partial charge in [0.1, 0.15) is 3.78 Å². The molecule has 0 amide bonds. The monoisotopic (exact) mass is 268 g/mol. The van der Waals surface area contributed by atoms with Crippen LogP contribution >= 0.6 is 27.5 Å². The Morgan fingerprint density at radius 3 is 2.57 bits per heavy atom. The van der Waals surface area contributed by atoms with Crippen molar-refractivity contribution >= 4 is 33.1 Å². The SMILES string of the molecule is ClC1(Br)CC=CC=C1c1ccccc1. The minimum atomic E-state index is -0.441. The third kappa shape index (κ3) is 1.94. The van der Waals surface area contributed by atoms with Crippen LogP contribution in [0.5, 0.6) is 0 Å². The maximum atomic E-state index is 6.37. The summed E-state index contributed by atoms with van der Waals surface area (Å²) in [6.07, 6.45) is 6.98. The van der Waals surface area contributed by atoms with Crippen molar-refractivity contribution < 1.29 is 0 Å². The number of allylic oxidation sites excluding steroid dienone is 4. The second kappa shape index (κ2) is 3.92. The summed E-state index contributed by atoms with van der Waals surface area (Å²) < 4.78 is -0.441. The highest BCUT2D eigenvalue weighted by Crippen LogP contribution is 2.43. The van der Waals surface area contributed by atoms with E-state index < -0.39 is 3.78 Å². The largest absolute Gasteiger partial charge is 0.128 e. The van der Waals surface area contributed by atoms with Crippen LogP contribution < -0.4 is 0 Å². The Morgan fingerprint density at radius 1 is 1.21 bits per heavy atom. The first kappa shape index (κ1) is 10.0. The van der Waals surface area contributed by atoms with E-state index in [0.29, 0.717) is 0 Å². The van der Waals surface area contributed by atoms with E-state index in [0.717, 1.165) is 12.0 Å². The zero-order valence-corrected chi connectivity index (χ0v) is 9.92.